The standard InChI is InChI=1S/C17H20O2/c1-3-4-5-6-7-8-9-10-11-12-13-14-15-16-19-17(2)18/h3-4,9-12H,13-16H2,1-2H3/b4-3+,10-9+,12-11+. The van der Waals surface area contributed by atoms with Gasteiger partial charge in [0.2, 0.25) is 0 Å². The highest BCUT2D eigenvalue weighted by Gasteiger charge is 1.90. The van der Waals surface area contributed by atoms with Gasteiger partial charge in [-0.3, -0.25) is 4.79 Å². The average Bonchev–Trinajstić information content (AvgIpc) is 2.39. The number of unbranched alkanes of at least 4 members (excludes halogenated alkanes) is 2. The summed E-state index contributed by atoms with van der Waals surface area (Å²) in [7, 11) is 0. The Kier molecular flexibility index (Phi) is 12.3. The molecule has 0 aromatic heterocycles. The number of carbonyl (C=O) groups is 1. The minimum atomic E-state index is -0.213. The van der Waals surface area contributed by atoms with Crippen molar-refractivity contribution < 1.29 is 9.53 Å². The quantitative estimate of drug-likeness (QED) is 0.315. The van der Waals surface area contributed by atoms with Crippen LogP contribution in [-0.2, 0) is 9.53 Å². The minimum Gasteiger partial charge on any atom is -0.466 e. The summed E-state index contributed by atoms with van der Waals surface area (Å²) in [5, 5.41) is 0. The van der Waals surface area contributed by atoms with Gasteiger partial charge in [0.15, 0.2) is 0 Å². The number of hydrogen-bond acceptors (Lipinski definition) is 2. The molecule has 0 saturated heterocycles. The predicted octanol–water partition coefficient (Wildman–Crippen LogP) is 3.42. The lowest BCUT2D eigenvalue weighted by atomic mass is 10.2. The highest BCUT2D eigenvalue weighted by atomic mass is 16.5. The largest absolute Gasteiger partial charge is 0.466 e. The fourth-order valence-corrected chi connectivity index (χ4v) is 1.10. The first-order valence-electron chi connectivity index (χ1n) is 6.34. The fraction of sp³-hybridized carbons (Fsp3) is 0.353. The van der Waals surface area contributed by atoms with Gasteiger partial charge in [0.05, 0.1) is 6.61 Å². The number of carbonyl (C=O) groups excluding carboxylic acids is 1. The molecule has 0 aromatic carbocycles. The molecule has 2 nitrogen and oxygen atoms in total. The van der Waals surface area contributed by atoms with Gasteiger partial charge in [-0.15, -0.1) is 0 Å². The SMILES string of the molecule is C/C=C/C#CC#C/C=C/C=C/CCCCOC(C)=O. The molecule has 0 saturated carbocycles. The third kappa shape index (κ3) is 15.8. The number of esters is 1. The minimum absolute atomic E-state index is 0.213. The second-order valence-corrected chi connectivity index (χ2v) is 3.66. The molecule has 0 fully saturated rings. The second-order valence-electron chi connectivity index (χ2n) is 3.66. The highest BCUT2D eigenvalue weighted by molar-refractivity contribution is 5.65. The monoisotopic (exact) mass is 256 g/mol. The predicted molar refractivity (Wildman–Crippen MR) is 79.1 cm³/mol. The third-order valence-corrected chi connectivity index (χ3v) is 1.95. The molecule has 0 heterocycles. The molecule has 0 N–H and O–H groups in total. The molecule has 2 heteroatoms. The first kappa shape index (κ1) is 16.8. The Balaban J connectivity index is 3.58. The smallest absolute Gasteiger partial charge is 0.302 e. The van der Waals surface area contributed by atoms with E-state index in [-0.39, 0.29) is 5.97 Å². The van der Waals surface area contributed by atoms with E-state index in [9.17, 15) is 4.79 Å². The van der Waals surface area contributed by atoms with Crippen LogP contribution in [0, 0.1) is 23.7 Å². The van der Waals surface area contributed by atoms with Gasteiger partial charge in [0.25, 0.3) is 0 Å². The molecule has 0 amide bonds. The van der Waals surface area contributed by atoms with Crippen molar-refractivity contribution in [1.29, 1.82) is 0 Å². The van der Waals surface area contributed by atoms with Crippen LogP contribution in [0.5, 0.6) is 0 Å². The van der Waals surface area contributed by atoms with E-state index in [2.05, 4.69) is 29.8 Å². The molecule has 0 radical (unpaired) electrons. The summed E-state index contributed by atoms with van der Waals surface area (Å²) in [6.45, 7) is 3.85. The van der Waals surface area contributed by atoms with Gasteiger partial charge in [-0.1, -0.05) is 36.1 Å². The Labute approximate surface area is 116 Å². The molecule has 0 unspecified atom stereocenters. The Morgan fingerprint density at radius 1 is 1.11 bits per heavy atom. The highest BCUT2D eigenvalue weighted by Crippen LogP contribution is 1.97. The molecule has 0 aliphatic rings. The van der Waals surface area contributed by atoms with Gasteiger partial charge in [-0.05, 0) is 50.2 Å². The molecule has 0 rings (SSSR count). The molecule has 0 aliphatic heterocycles. The lowest BCUT2D eigenvalue weighted by molar-refractivity contribution is -0.141. The first-order chi connectivity index (χ1) is 9.27. The van der Waals surface area contributed by atoms with Crippen LogP contribution >= 0.6 is 0 Å². The summed E-state index contributed by atoms with van der Waals surface area (Å²) in [6, 6.07) is 0. The first-order valence-corrected chi connectivity index (χ1v) is 6.34. The van der Waals surface area contributed by atoms with Crippen molar-refractivity contribution in [3.63, 3.8) is 0 Å². The Morgan fingerprint density at radius 2 is 1.84 bits per heavy atom. The third-order valence-electron chi connectivity index (χ3n) is 1.95. The summed E-state index contributed by atoms with van der Waals surface area (Å²) in [6.07, 6.45) is 14.2. The molecular formula is C17H20O2. The summed E-state index contributed by atoms with van der Waals surface area (Å²) in [5.41, 5.74) is 0. The fourth-order valence-electron chi connectivity index (χ4n) is 1.10. The summed E-state index contributed by atoms with van der Waals surface area (Å²) < 4.78 is 4.83. The van der Waals surface area contributed by atoms with Crippen LogP contribution in [0.25, 0.3) is 0 Å². The summed E-state index contributed by atoms with van der Waals surface area (Å²) in [5.74, 6) is 10.8. The van der Waals surface area contributed by atoms with Crippen LogP contribution in [-0.4, -0.2) is 12.6 Å². The van der Waals surface area contributed by atoms with Gasteiger partial charge >= 0.3 is 5.97 Å². The molecule has 0 aromatic rings. The zero-order valence-corrected chi connectivity index (χ0v) is 11.6. The normalized spacial score (nSPS) is 10.2. The van der Waals surface area contributed by atoms with Crippen LogP contribution < -0.4 is 0 Å². The van der Waals surface area contributed by atoms with Gasteiger partial charge in [0.1, 0.15) is 0 Å². The summed E-state index contributed by atoms with van der Waals surface area (Å²) >= 11 is 0. The van der Waals surface area contributed by atoms with E-state index in [0.717, 1.165) is 19.3 Å². The van der Waals surface area contributed by atoms with Gasteiger partial charge in [-0.25, -0.2) is 0 Å². The van der Waals surface area contributed by atoms with E-state index >= 15 is 0 Å². The lowest BCUT2D eigenvalue weighted by Crippen LogP contribution is -1.99. The van der Waals surface area contributed by atoms with Crippen LogP contribution in [0.4, 0.5) is 0 Å². The average molecular weight is 256 g/mol. The Bertz CT molecular complexity index is 445. The van der Waals surface area contributed by atoms with Crippen molar-refractivity contribution in [2.45, 2.75) is 33.1 Å². The topological polar surface area (TPSA) is 26.3 Å². The summed E-state index contributed by atoms with van der Waals surface area (Å²) in [4.78, 5) is 10.5. The second kappa shape index (κ2) is 13.9. The molecule has 0 atom stereocenters. The maximum Gasteiger partial charge on any atom is 0.302 e. The number of ether oxygens (including phenoxy) is 1. The number of hydrogen-bond donors (Lipinski definition) is 0. The molecule has 100 valence electrons. The van der Waals surface area contributed by atoms with Crippen molar-refractivity contribution in [2.75, 3.05) is 6.61 Å². The van der Waals surface area contributed by atoms with E-state index in [0.29, 0.717) is 6.61 Å². The number of rotatable bonds is 6. The van der Waals surface area contributed by atoms with Crippen LogP contribution in [0.2, 0.25) is 0 Å². The molecule has 19 heavy (non-hydrogen) atoms. The van der Waals surface area contributed by atoms with Crippen LogP contribution in [0.15, 0.2) is 36.5 Å². The van der Waals surface area contributed by atoms with E-state index in [1.54, 1.807) is 12.2 Å². The van der Waals surface area contributed by atoms with Crippen LogP contribution in [0.3, 0.4) is 0 Å². The molecule has 0 spiro atoms. The maximum atomic E-state index is 10.5. The van der Waals surface area contributed by atoms with Crippen molar-refractivity contribution in [2.24, 2.45) is 0 Å². The van der Waals surface area contributed by atoms with Gasteiger partial charge in [-0.2, -0.15) is 0 Å². The van der Waals surface area contributed by atoms with E-state index < -0.39 is 0 Å². The van der Waals surface area contributed by atoms with Crippen molar-refractivity contribution in [3.05, 3.63) is 36.5 Å². The van der Waals surface area contributed by atoms with E-state index in [1.165, 1.54) is 6.92 Å². The molecule has 0 aliphatic carbocycles. The van der Waals surface area contributed by atoms with E-state index in [1.807, 2.05) is 25.2 Å². The van der Waals surface area contributed by atoms with E-state index in [4.69, 9.17) is 4.74 Å². The lowest BCUT2D eigenvalue weighted by Gasteiger charge is -1.98. The van der Waals surface area contributed by atoms with Crippen molar-refractivity contribution in [3.8, 4) is 23.7 Å². The van der Waals surface area contributed by atoms with Crippen molar-refractivity contribution >= 4 is 5.97 Å². The van der Waals surface area contributed by atoms with Crippen LogP contribution in [0.1, 0.15) is 33.1 Å². The van der Waals surface area contributed by atoms with Gasteiger partial charge < -0.3 is 4.74 Å². The molecular weight excluding hydrogens is 236 g/mol. The zero-order chi connectivity index (χ0) is 14.2. The van der Waals surface area contributed by atoms with Gasteiger partial charge in [0, 0.05) is 6.92 Å². The zero-order valence-electron chi connectivity index (χ0n) is 11.6. The Hall–Kier alpha value is -2.19. The molecule has 0 bridgehead atoms. The number of allylic oxidation sites excluding steroid dienone is 6. The van der Waals surface area contributed by atoms with Crippen molar-refractivity contribution in [1.82, 2.24) is 0 Å². The maximum absolute atomic E-state index is 10.5. The Morgan fingerprint density at radius 3 is 2.53 bits per heavy atom.